The zero-order valence-corrected chi connectivity index (χ0v) is 14.4. The largest absolute Gasteiger partial charge is 0.366 e. The molecular weight excluding hydrogens is 411 g/mol. The topological polar surface area (TPSA) is 138 Å². The van der Waals surface area contributed by atoms with E-state index < -0.39 is 0 Å². The molecule has 0 aromatic carbocycles. The molecule has 4 aromatic heterocycles. The highest BCUT2D eigenvalue weighted by Crippen LogP contribution is 2.08. The van der Waals surface area contributed by atoms with Gasteiger partial charge in [-0.3, -0.25) is 0 Å². The first kappa shape index (κ1) is 17.1. The second-order valence-electron chi connectivity index (χ2n) is 3.97. The van der Waals surface area contributed by atoms with Crippen molar-refractivity contribution in [3.63, 3.8) is 0 Å². The van der Waals surface area contributed by atoms with Gasteiger partial charge in [-0.2, -0.15) is 19.2 Å². The SMILES string of the molecule is Br.Nc1nnc2ccc(Cl)nn12.Nc1nnc2ccc(Cl)nn12. The number of nitrogens with zero attached hydrogens (tertiary/aromatic N) is 8. The summed E-state index contributed by atoms with van der Waals surface area (Å²) in [4.78, 5) is 0. The Labute approximate surface area is 149 Å². The van der Waals surface area contributed by atoms with E-state index in [0.29, 0.717) is 21.6 Å². The van der Waals surface area contributed by atoms with E-state index in [2.05, 4.69) is 30.6 Å². The molecule has 0 aliphatic heterocycles. The van der Waals surface area contributed by atoms with Crippen LogP contribution in [-0.4, -0.2) is 39.6 Å². The van der Waals surface area contributed by atoms with Gasteiger partial charge in [-0.05, 0) is 24.3 Å². The average molecular weight is 420 g/mol. The molecule has 10 nitrogen and oxygen atoms in total. The molecule has 4 aromatic rings. The molecule has 23 heavy (non-hydrogen) atoms. The Kier molecular flexibility index (Phi) is 5.13. The Hall–Kier alpha value is -2.24. The normalized spacial score (nSPS) is 10.2. The summed E-state index contributed by atoms with van der Waals surface area (Å²) in [6, 6.07) is 6.65. The predicted octanol–water partition coefficient (Wildman–Crippen LogP) is 1.30. The Morgan fingerprint density at radius 3 is 1.48 bits per heavy atom. The molecule has 4 N–H and O–H groups in total. The van der Waals surface area contributed by atoms with Crippen LogP contribution in [0.2, 0.25) is 10.3 Å². The molecule has 0 fully saturated rings. The molecule has 0 atom stereocenters. The summed E-state index contributed by atoms with van der Waals surface area (Å²) in [6.07, 6.45) is 0. The van der Waals surface area contributed by atoms with Gasteiger partial charge in [0.25, 0.3) is 0 Å². The summed E-state index contributed by atoms with van der Waals surface area (Å²) >= 11 is 11.2. The number of hydrogen-bond acceptors (Lipinski definition) is 8. The summed E-state index contributed by atoms with van der Waals surface area (Å²) in [5.41, 5.74) is 12.0. The van der Waals surface area contributed by atoms with Crippen LogP contribution in [-0.2, 0) is 0 Å². The molecule has 4 rings (SSSR count). The zero-order chi connectivity index (χ0) is 15.7. The highest BCUT2D eigenvalue weighted by molar-refractivity contribution is 8.93. The standard InChI is InChI=1S/2C5H4ClN5.BrH/c2*6-3-1-2-4-8-9-5(7)11(4)10-3;/h2*1-2H,(H2,7,9);1H. The number of anilines is 2. The van der Waals surface area contributed by atoms with Gasteiger partial charge in [0.05, 0.1) is 0 Å². The number of halogens is 3. The summed E-state index contributed by atoms with van der Waals surface area (Å²) in [7, 11) is 0. The number of rotatable bonds is 0. The van der Waals surface area contributed by atoms with Crippen molar-refractivity contribution in [1.82, 2.24) is 39.6 Å². The van der Waals surface area contributed by atoms with Crippen LogP contribution in [0.15, 0.2) is 24.3 Å². The number of fused-ring (bicyclic) bond motifs is 2. The molecule has 0 saturated heterocycles. The average Bonchev–Trinajstić information content (AvgIpc) is 3.04. The fourth-order valence-corrected chi connectivity index (χ4v) is 1.84. The van der Waals surface area contributed by atoms with E-state index in [4.69, 9.17) is 34.7 Å². The van der Waals surface area contributed by atoms with Crippen molar-refractivity contribution in [1.29, 1.82) is 0 Å². The second-order valence-corrected chi connectivity index (χ2v) is 4.74. The number of nitrogen functional groups attached to an aromatic ring is 2. The quantitative estimate of drug-likeness (QED) is 0.434. The van der Waals surface area contributed by atoms with Crippen molar-refractivity contribution in [3.8, 4) is 0 Å². The van der Waals surface area contributed by atoms with Gasteiger partial charge in [0.15, 0.2) is 11.3 Å². The van der Waals surface area contributed by atoms with E-state index in [1.807, 2.05) is 0 Å². The molecule has 0 aliphatic rings. The van der Waals surface area contributed by atoms with Gasteiger partial charge in [0.1, 0.15) is 10.3 Å². The lowest BCUT2D eigenvalue weighted by Gasteiger charge is -1.91. The number of aromatic nitrogens is 8. The van der Waals surface area contributed by atoms with Crippen LogP contribution in [0.3, 0.4) is 0 Å². The molecule has 0 bridgehead atoms. The third-order valence-corrected chi connectivity index (χ3v) is 2.91. The summed E-state index contributed by atoms with van der Waals surface area (Å²) in [5, 5.41) is 23.1. The van der Waals surface area contributed by atoms with Crippen LogP contribution in [0.25, 0.3) is 11.3 Å². The van der Waals surface area contributed by atoms with Gasteiger partial charge in [0, 0.05) is 0 Å². The minimum atomic E-state index is 0. The van der Waals surface area contributed by atoms with Crippen molar-refractivity contribution < 1.29 is 0 Å². The molecule has 0 unspecified atom stereocenters. The van der Waals surface area contributed by atoms with Gasteiger partial charge in [-0.1, -0.05) is 23.2 Å². The highest BCUT2D eigenvalue weighted by Gasteiger charge is 2.02. The Morgan fingerprint density at radius 1 is 0.696 bits per heavy atom. The van der Waals surface area contributed by atoms with E-state index in [1.165, 1.54) is 9.03 Å². The maximum absolute atomic E-state index is 5.60. The maximum atomic E-state index is 5.60. The molecule has 0 radical (unpaired) electrons. The third-order valence-electron chi connectivity index (χ3n) is 2.51. The van der Waals surface area contributed by atoms with Crippen molar-refractivity contribution in [2.45, 2.75) is 0 Å². The lowest BCUT2D eigenvalue weighted by Crippen LogP contribution is -1.97. The lowest BCUT2D eigenvalue weighted by atomic mass is 10.6. The Balaban J connectivity index is 0.000000160. The summed E-state index contributed by atoms with van der Waals surface area (Å²) in [6.45, 7) is 0. The molecule has 0 saturated carbocycles. The smallest absolute Gasteiger partial charge is 0.243 e. The Bertz CT molecular complexity index is 873. The van der Waals surface area contributed by atoms with Gasteiger partial charge < -0.3 is 11.5 Å². The predicted molar refractivity (Wildman–Crippen MR) is 90.7 cm³/mol. The van der Waals surface area contributed by atoms with Crippen LogP contribution in [0, 0.1) is 0 Å². The van der Waals surface area contributed by atoms with Crippen LogP contribution in [0.1, 0.15) is 0 Å². The van der Waals surface area contributed by atoms with Crippen molar-refractivity contribution in [3.05, 3.63) is 34.6 Å². The van der Waals surface area contributed by atoms with Gasteiger partial charge in [-0.25, -0.2) is 0 Å². The number of hydrogen-bond donors (Lipinski definition) is 2. The third kappa shape index (κ3) is 3.57. The van der Waals surface area contributed by atoms with E-state index in [1.54, 1.807) is 24.3 Å². The first-order valence-corrected chi connectivity index (χ1v) is 6.57. The zero-order valence-electron chi connectivity index (χ0n) is 11.2. The van der Waals surface area contributed by atoms with Crippen LogP contribution < -0.4 is 11.5 Å². The van der Waals surface area contributed by atoms with Crippen LogP contribution in [0.4, 0.5) is 11.9 Å². The van der Waals surface area contributed by atoms with Crippen molar-refractivity contribution in [2.24, 2.45) is 0 Å². The first-order chi connectivity index (χ1) is 10.5. The van der Waals surface area contributed by atoms with Crippen LogP contribution >= 0.6 is 40.2 Å². The van der Waals surface area contributed by atoms with Gasteiger partial charge in [-0.15, -0.1) is 37.4 Å². The van der Waals surface area contributed by atoms with E-state index in [0.717, 1.165) is 0 Å². The molecule has 0 aliphatic carbocycles. The van der Waals surface area contributed by atoms with Crippen molar-refractivity contribution >= 4 is 63.4 Å². The van der Waals surface area contributed by atoms with E-state index >= 15 is 0 Å². The minimum Gasteiger partial charge on any atom is -0.366 e. The molecule has 13 heteroatoms. The molecular formula is C10H9BrCl2N10. The summed E-state index contributed by atoms with van der Waals surface area (Å²) in [5.74, 6) is 0.477. The lowest BCUT2D eigenvalue weighted by molar-refractivity contribution is 0.940. The second kappa shape index (κ2) is 6.89. The van der Waals surface area contributed by atoms with Crippen LogP contribution in [0.5, 0.6) is 0 Å². The first-order valence-electron chi connectivity index (χ1n) is 5.81. The fourth-order valence-electron chi connectivity index (χ4n) is 1.57. The number of nitrogens with two attached hydrogens (primary N) is 2. The highest BCUT2D eigenvalue weighted by atomic mass is 79.9. The van der Waals surface area contributed by atoms with Gasteiger partial charge in [0.2, 0.25) is 11.9 Å². The molecule has 4 heterocycles. The van der Waals surface area contributed by atoms with Crippen molar-refractivity contribution in [2.75, 3.05) is 11.5 Å². The summed E-state index contributed by atoms with van der Waals surface area (Å²) < 4.78 is 2.75. The monoisotopic (exact) mass is 418 g/mol. The fraction of sp³-hybridized carbons (Fsp3) is 0. The maximum Gasteiger partial charge on any atom is 0.243 e. The minimum absolute atomic E-state index is 0. The Morgan fingerprint density at radius 2 is 1.09 bits per heavy atom. The van der Waals surface area contributed by atoms with E-state index in [-0.39, 0.29) is 28.9 Å². The molecule has 120 valence electrons. The molecule has 0 amide bonds. The van der Waals surface area contributed by atoms with Gasteiger partial charge >= 0.3 is 0 Å². The molecule has 0 spiro atoms. The van der Waals surface area contributed by atoms with E-state index in [9.17, 15) is 0 Å².